The fourth-order valence-corrected chi connectivity index (χ4v) is 2.32. The predicted molar refractivity (Wildman–Crippen MR) is 74.1 cm³/mol. The summed E-state index contributed by atoms with van der Waals surface area (Å²) in [6, 6.07) is 5.32. The van der Waals surface area contributed by atoms with Gasteiger partial charge in [0.2, 0.25) is 0 Å². The van der Waals surface area contributed by atoms with Crippen LogP contribution in [0.2, 0.25) is 0 Å². The van der Waals surface area contributed by atoms with E-state index in [9.17, 15) is 9.59 Å². The smallest absolute Gasteiger partial charge is 0.326 e. The lowest BCUT2D eigenvalue weighted by Gasteiger charge is -2.22. The summed E-state index contributed by atoms with van der Waals surface area (Å²) in [7, 11) is 1.43. The Labute approximate surface area is 121 Å². The molecule has 0 spiro atoms. The average molecular weight is 289 g/mol. The third kappa shape index (κ3) is 3.05. The van der Waals surface area contributed by atoms with Gasteiger partial charge in [-0.2, -0.15) is 5.26 Å². The van der Waals surface area contributed by atoms with Crippen LogP contribution >= 0.6 is 0 Å². The highest BCUT2D eigenvalue weighted by Gasteiger charge is 2.34. The maximum absolute atomic E-state index is 12.2. The second-order valence-corrected chi connectivity index (χ2v) is 4.65. The number of anilines is 1. The first-order valence-corrected chi connectivity index (χ1v) is 6.45. The van der Waals surface area contributed by atoms with Crippen molar-refractivity contribution >= 4 is 17.7 Å². The molecule has 0 aromatic heterocycles. The molecular weight excluding hydrogens is 274 g/mol. The van der Waals surface area contributed by atoms with Gasteiger partial charge in [-0.3, -0.25) is 0 Å². The first kappa shape index (κ1) is 14.7. The molecule has 7 heteroatoms. The number of benzene rings is 1. The molecule has 0 bridgehead atoms. The molecule has 2 amide bonds. The molecule has 1 aromatic rings. The van der Waals surface area contributed by atoms with Crippen LogP contribution in [0.3, 0.4) is 0 Å². The van der Waals surface area contributed by atoms with E-state index in [-0.39, 0.29) is 0 Å². The number of hydrogen-bond donors (Lipinski definition) is 2. The monoisotopic (exact) mass is 289 g/mol. The normalized spacial score (nSPS) is 17.1. The van der Waals surface area contributed by atoms with E-state index in [1.165, 1.54) is 18.1 Å². The van der Waals surface area contributed by atoms with Crippen LogP contribution in [0.1, 0.15) is 18.4 Å². The maximum atomic E-state index is 12.2. The average Bonchev–Trinajstić information content (AvgIpc) is 2.97. The van der Waals surface area contributed by atoms with Crippen LogP contribution < -0.4 is 10.1 Å². The molecule has 1 aliphatic rings. The summed E-state index contributed by atoms with van der Waals surface area (Å²) in [6.45, 7) is 0.404. The van der Waals surface area contributed by atoms with Gasteiger partial charge in [0.15, 0.2) is 0 Å². The summed E-state index contributed by atoms with van der Waals surface area (Å²) in [5.41, 5.74) is 0.812. The Morgan fingerprint density at radius 2 is 2.29 bits per heavy atom. The summed E-state index contributed by atoms with van der Waals surface area (Å²) >= 11 is 0. The van der Waals surface area contributed by atoms with E-state index >= 15 is 0 Å². The molecule has 2 rings (SSSR count). The van der Waals surface area contributed by atoms with Gasteiger partial charge in [0.1, 0.15) is 11.8 Å². The zero-order valence-electron chi connectivity index (χ0n) is 11.5. The van der Waals surface area contributed by atoms with Crippen molar-refractivity contribution in [3.05, 3.63) is 23.8 Å². The van der Waals surface area contributed by atoms with Crippen LogP contribution in [0.4, 0.5) is 10.5 Å². The maximum Gasteiger partial charge on any atom is 0.326 e. The van der Waals surface area contributed by atoms with Gasteiger partial charge in [-0.05, 0) is 25.0 Å². The molecule has 1 heterocycles. The van der Waals surface area contributed by atoms with Crippen molar-refractivity contribution in [1.29, 1.82) is 5.26 Å². The molecule has 1 aliphatic heterocycles. The Morgan fingerprint density at radius 1 is 1.52 bits per heavy atom. The molecule has 0 saturated carbocycles. The van der Waals surface area contributed by atoms with E-state index in [2.05, 4.69) is 5.32 Å². The summed E-state index contributed by atoms with van der Waals surface area (Å²) in [5, 5.41) is 20.5. The lowest BCUT2D eigenvalue weighted by atomic mass is 10.2. The Morgan fingerprint density at radius 3 is 2.90 bits per heavy atom. The van der Waals surface area contributed by atoms with Crippen molar-refractivity contribution in [1.82, 2.24) is 4.90 Å². The number of nitriles is 1. The number of aliphatic carboxylic acids is 1. The number of rotatable bonds is 3. The molecule has 2 N–H and O–H groups in total. The zero-order chi connectivity index (χ0) is 15.4. The van der Waals surface area contributed by atoms with Crippen LogP contribution in [0.15, 0.2) is 18.2 Å². The molecule has 1 aromatic carbocycles. The number of carbonyl (C=O) groups is 2. The number of carboxylic acid groups (broad SMARTS) is 1. The quantitative estimate of drug-likeness (QED) is 0.880. The number of urea groups is 1. The van der Waals surface area contributed by atoms with Crippen molar-refractivity contribution in [2.45, 2.75) is 18.9 Å². The van der Waals surface area contributed by atoms with E-state index in [4.69, 9.17) is 15.1 Å². The highest BCUT2D eigenvalue weighted by molar-refractivity contribution is 5.94. The van der Waals surface area contributed by atoms with Crippen molar-refractivity contribution in [3.8, 4) is 11.8 Å². The van der Waals surface area contributed by atoms with Gasteiger partial charge >= 0.3 is 12.0 Å². The number of carbonyl (C=O) groups excluding carboxylic acids is 1. The Bertz CT molecular complexity index is 609. The molecule has 110 valence electrons. The van der Waals surface area contributed by atoms with Gasteiger partial charge in [0.05, 0.1) is 24.4 Å². The van der Waals surface area contributed by atoms with Crippen LogP contribution in [-0.2, 0) is 4.79 Å². The molecule has 0 aliphatic carbocycles. The van der Waals surface area contributed by atoms with E-state index in [1.807, 2.05) is 6.07 Å². The van der Waals surface area contributed by atoms with Gasteiger partial charge in [-0.1, -0.05) is 0 Å². The molecule has 7 nitrogen and oxygen atoms in total. The minimum absolute atomic E-state index is 0.355. The number of hydrogen-bond acceptors (Lipinski definition) is 4. The SMILES string of the molecule is COc1cc(C#N)ccc1NC(=O)N1CCCC1C(=O)O. The minimum Gasteiger partial charge on any atom is -0.495 e. The molecular formula is C14H15N3O4. The van der Waals surface area contributed by atoms with Gasteiger partial charge in [-0.15, -0.1) is 0 Å². The van der Waals surface area contributed by atoms with E-state index in [0.717, 1.165) is 0 Å². The molecule has 0 radical (unpaired) electrons. The summed E-state index contributed by atoms with van der Waals surface area (Å²) < 4.78 is 5.12. The van der Waals surface area contributed by atoms with E-state index in [0.29, 0.717) is 36.4 Å². The summed E-state index contributed by atoms with van der Waals surface area (Å²) in [6.07, 6.45) is 1.11. The van der Waals surface area contributed by atoms with Crippen molar-refractivity contribution in [2.24, 2.45) is 0 Å². The van der Waals surface area contributed by atoms with Crippen LogP contribution in [0.25, 0.3) is 0 Å². The number of amides is 2. The van der Waals surface area contributed by atoms with E-state index < -0.39 is 18.0 Å². The number of likely N-dealkylation sites (tertiary alicyclic amines) is 1. The third-order valence-corrected chi connectivity index (χ3v) is 3.37. The number of nitrogens with zero attached hydrogens (tertiary/aromatic N) is 2. The highest BCUT2D eigenvalue weighted by Crippen LogP contribution is 2.27. The van der Waals surface area contributed by atoms with Gasteiger partial charge in [-0.25, -0.2) is 9.59 Å². The lowest BCUT2D eigenvalue weighted by molar-refractivity contribution is -0.141. The van der Waals surface area contributed by atoms with Gasteiger partial charge < -0.3 is 20.1 Å². The first-order chi connectivity index (χ1) is 10.1. The third-order valence-electron chi connectivity index (χ3n) is 3.37. The molecule has 1 fully saturated rings. The lowest BCUT2D eigenvalue weighted by Crippen LogP contribution is -2.42. The standard InChI is InChI=1S/C14H15N3O4/c1-21-12-7-9(8-15)4-5-10(12)16-14(20)17-6-2-3-11(17)13(18)19/h4-5,7,11H,2-3,6H2,1H3,(H,16,20)(H,18,19). The second kappa shape index (κ2) is 6.13. The van der Waals surface area contributed by atoms with E-state index in [1.54, 1.807) is 12.1 Å². The number of methoxy groups -OCH3 is 1. The Hall–Kier alpha value is -2.75. The predicted octanol–water partition coefficient (Wildman–Crippen LogP) is 1.65. The van der Waals surface area contributed by atoms with Crippen molar-refractivity contribution in [3.63, 3.8) is 0 Å². The molecule has 1 unspecified atom stereocenters. The van der Waals surface area contributed by atoms with Crippen molar-refractivity contribution in [2.75, 3.05) is 19.0 Å². The Kier molecular flexibility index (Phi) is 4.28. The number of ether oxygens (including phenoxy) is 1. The van der Waals surface area contributed by atoms with Gasteiger partial charge in [0.25, 0.3) is 0 Å². The minimum atomic E-state index is -1.01. The Balaban J connectivity index is 2.16. The number of carboxylic acids is 1. The number of nitrogens with one attached hydrogen (secondary N) is 1. The van der Waals surface area contributed by atoms with Crippen LogP contribution in [-0.4, -0.2) is 41.7 Å². The van der Waals surface area contributed by atoms with Gasteiger partial charge in [0, 0.05) is 12.6 Å². The summed E-state index contributed by atoms with van der Waals surface area (Å²) in [4.78, 5) is 24.6. The fraction of sp³-hybridized carbons (Fsp3) is 0.357. The highest BCUT2D eigenvalue weighted by atomic mass is 16.5. The van der Waals surface area contributed by atoms with Crippen LogP contribution in [0.5, 0.6) is 5.75 Å². The zero-order valence-corrected chi connectivity index (χ0v) is 11.5. The second-order valence-electron chi connectivity index (χ2n) is 4.65. The summed E-state index contributed by atoms with van der Waals surface area (Å²) in [5.74, 6) is -0.650. The van der Waals surface area contributed by atoms with Crippen LogP contribution in [0, 0.1) is 11.3 Å². The first-order valence-electron chi connectivity index (χ1n) is 6.45. The molecule has 1 atom stereocenters. The topological polar surface area (TPSA) is 103 Å². The molecule has 1 saturated heterocycles. The molecule has 21 heavy (non-hydrogen) atoms. The van der Waals surface area contributed by atoms with Crippen molar-refractivity contribution < 1.29 is 19.4 Å². The fourth-order valence-electron chi connectivity index (χ4n) is 2.32. The largest absolute Gasteiger partial charge is 0.495 e.